The zero-order valence-electron chi connectivity index (χ0n) is 16.3. The van der Waals surface area contributed by atoms with Gasteiger partial charge in [-0.3, -0.25) is 4.79 Å². The van der Waals surface area contributed by atoms with E-state index in [0.717, 1.165) is 17.9 Å². The molecule has 0 saturated heterocycles. The van der Waals surface area contributed by atoms with E-state index in [2.05, 4.69) is 10.6 Å². The molecule has 5 nitrogen and oxygen atoms in total. The Morgan fingerprint density at radius 3 is 2.52 bits per heavy atom. The van der Waals surface area contributed by atoms with Crippen LogP contribution in [-0.4, -0.2) is 26.9 Å². The minimum Gasteiger partial charge on any atom is -0.375 e. The molecule has 0 radical (unpaired) electrons. The van der Waals surface area contributed by atoms with Crippen LogP contribution in [0, 0.1) is 18.8 Å². The quantitative estimate of drug-likeness (QED) is 0.717. The number of fused-ring (bicyclic) bond motifs is 2. The average molecular weight is 433 g/mol. The van der Waals surface area contributed by atoms with Crippen molar-refractivity contribution < 1.29 is 13.2 Å². The molecule has 3 atom stereocenters. The Bertz CT molecular complexity index is 1020. The van der Waals surface area contributed by atoms with Crippen LogP contribution in [0.2, 0.25) is 5.02 Å². The molecule has 7 heteroatoms. The van der Waals surface area contributed by atoms with Crippen LogP contribution < -0.4 is 10.6 Å². The predicted octanol–water partition coefficient (Wildman–Crippen LogP) is 4.20. The third-order valence-electron chi connectivity index (χ3n) is 6.09. The zero-order valence-corrected chi connectivity index (χ0v) is 17.9. The smallest absolute Gasteiger partial charge is 0.239 e. The van der Waals surface area contributed by atoms with Crippen molar-refractivity contribution in [2.45, 2.75) is 48.4 Å². The summed E-state index contributed by atoms with van der Waals surface area (Å²) in [5.41, 5.74) is 1.31. The summed E-state index contributed by atoms with van der Waals surface area (Å²) in [6, 6.07) is 11.7. The first kappa shape index (κ1) is 20.2. The van der Waals surface area contributed by atoms with Gasteiger partial charge in [0.1, 0.15) is 4.90 Å². The Morgan fingerprint density at radius 1 is 1.10 bits per heavy atom. The fourth-order valence-electron chi connectivity index (χ4n) is 4.61. The van der Waals surface area contributed by atoms with E-state index in [-0.39, 0.29) is 33.3 Å². The topological polar surface area (TPSA) is 75.3 Å². The number of amides is 1. The van der Waals surface area contributed by atoms with Crippen LogP contribution in [0.1, 0.15) is 31.2 Å². The molecular weight excluding hydrogens is 408 g/mol. The van der Waals surface area contributed by atoms with E-state index in [1.807, 2.05) is 6.92 Å². The van der Waals surface area contributed by atoms with E-state index in [1.165, 1.54) is 19.3 Å². The Hall–Kier alpha value is -2.05. The summed E-state index contributed by atoms with van der Waals surface area (Å²) >= 11 is 6.27. The fraction of sp³-hybridized carbons (Fsp3) is 0.409. The molecule has 154 valence electrons. The standard InChI is InChI=1S/C22H25ClN2O3S/c1-14-5-9-17(10-6-14)29(27,28)22-18(23)3-2-4-19(22)24-13-21(26)25-20-12-15-7-8-16(20)11-15/h2-6,9-10,15-16,20,24H,7-8,11-13H2,1H3,(H,25,26). The lowest BCUT2D eigenvalue weighted by Gasteiger charge is -2.23. The molecule has 2 aliphatic rings. The minimum atomic E-state index is -3.82. The molecule has 0 heterocycles. The molecule has 2 bridgehead atoms. The first-order valence-electron chi connectivity index (χ1n) is 9.98. The maximum absolute atomic E-state index is 13.2. The van der Waals surface area contributed by atoms with Crippen LogP contribution in [0.5, 0.6) is 0 Å². The summed E-state index contributed by atoms with van der Waals surface area (Å²) in [6.45, 7) is 1.90. The largest absolute Gasteiger partial charge is 0.375 e. The number of sulfone groups is 1. The van der Waals surface area contributed by atoms with Gasteiger partial charge in [-0.1, -0.05) is 41.8 Å². The summed E-state index contributed by atoms with van der Waals surface area (Å²) in [5, 5.41) is 6.22. The molecule has 2 aromatic rings. The van der Waals surface area contributed by atoms with Gasteiger partial charge in [-0.25, -0.2) is 8.42 Å². The molecule has 2 aliphatic carbocycles. The maximum atomic E-state index is 13.2. The number of aryl methyl sites for hydroxylation is 1. The normalized spacial score (nSPS) is 23.2. The van der Waals surface area contributed by atoms with Crippen LogP contribution in [0.4, 0.5) is 5.69 Å². The van der Waals surface area contributed by atoms with Crippen molar-refractivity contribution in [2.24, 2.45) is 11.8 Å². The molecule has 0 spiro atoms. The molecule has 2 aromatic carbocycles. The van der Waals surface area contributed by atoms with Crippen molar-refractivity contribution in [3.63, 3.8) is 0 Å². The van der Waals surface area contributed by atoms with Crippen LogP contribution in [0.15, 0.2) is 52.3 Å². The van der Waals surface area contributed by atoms with Gasteiger partial charge >= 0.3 is 0 Å². The lowest BCUT2D eigenvalue weighted by molar-refractivity contribution is -0.120. The summed E-state index contributed by atoms with van der Waals surface area (Å²) in [5.74, 6) is 1.21. The van der Waals surface area contributed by atoms with Crippen LogP contribution in [-0.2, 0) is 14.6 Å². The van der Waals surface area contributed by atoms with Gasteiger partial charge < -0.3 is 10.6 Å². The van der Waals surface area contributed by atoms with Gasteiger partial charge in [0.2, 0.25) is 15.7 Å². The zero-order chi connectivity index (χ0) is 20.6. The van der Waals surface area contributed by atoms with E-state index < -0.39 is 9.84 Å². The number of hydrogen-bond donors (Lipinski definition) is 2. The first-order chi connectivity index (χ1) is 13.8. The molecule has 4 rings (SSSR count). The third-order valence-corrected chi connectivity index (χ3v) is 8.39. The van der Waals surface area contributed by atoms with Crippen molar-refractivity contribution in [3.8, 4) is 0 Å². The summed E-state index contributed by atoms with van der Waals surface area (Å²) in [6.07, 6.45) is 4.74. The molecule has 1 amide bonds. The molecule has 2 fully saturated rings. The summed E-state index contributed by atoms with van der Waals surface area (Å²) in [7, 11) is -3.82. The molecular formula is C22H25ClN2O3S. The summed E-state index contributed by atoms with van der Waals surface area (Å²) in [4.78, 5) is 12.6. The number of carbonyl (C=O) groups is 1. The molecule has 3 unspecified atom stereocenters. The van der Waals surface area contributed by atoms with Crippen molar-refractivity contribution in [3.05, 3.63) is 53.1 Å². The van der Waals surface area contributed by atoms with E-state index in [4.69, 9.17) is 11.6 Å². The van der Waals surface area contributed by atoms with Crippen LogP contribution in [0.3, 0.4) is 0 Å². The van der Waals surface area contributed by atoms with Gasteiger partial charge in [-0.05, 0) is 62.3 Å². The highest BCUT2D eigenvalue weighted by atomic mass is 35.5. The number of anilines is 1. The van der Waals surface area contributed by atoms with E-state index in [0.29, 0.717) is 11.6 Å². The Balaban J connectivity index is 1.50. The average Bonchev–Trinajstić information content (AvgIpc) is 3.29. The number of nitrogens with one attached hydrogen (secondary N) is 2. The van der Waals surface area contributed by atoms with Gasteiger partial charge in [-0.15, -0.1) is 0 Å². The number of benzene rings is 2. The molecule has 0 aromatic heterocycles. The third kappa shape index (κ3) is 4.14. The first-order valence-corrected chi connectivity index (χ1v) is 11.8. The number of carbonyl (C=O) groups excluding carboxylic acids is 1. The fourth-order valence-corrected chi connectivity index (χ4v) is 6.58. The number of hydrogen-bond acceptors (Lipinski definition) is 4. The van der Waals surface area contributed by atoms with Crippen LogP contribution in [0.25, 0.3) is 0 Å². The molecule has 2 saturated carbocycles. The Labute approximate surface area is 176 Å². The number of rotatable bonds is 6. The highest BCUT2D eigenvalue weighted by Crippen LogP contribution is 2.44. The lowest BCUT2D eigenvalue weighted by atomic mass is 9.95. The van der Waals surface area contributed by atoms with Crippen molar-refractivity contribution in [2.75, 3.05) is 11.9 Å². The van der Waals surface area contributed by atoms with E-state index >= 15 is 0 Å². The van der Waals surface area contributed by atoms with Gasteiger partial charge in [0.05, 0.1) is 22.2 Å². The van der Waals surface area contributed by atoms with E-state index in [9.17, 15) is 13.2 Å². The lowest BCUT2D eigenvalue weighted by Crippen LogP contribution is -2.41. The molecule has 29 heavy (non-hydrogen) atoms. The van der Waals surface area contributed by atoms with Gasteiger partial charge in [0.15, 0.2) is 0 Å². The summed E-state index contributed by atoms with van der Waals surface area (Å²) < 4.78 is 26.3. The highest BCUT2D eigenvalue weighted by molar-refractivity contribution is 7.91. The van der Waals surface area contributed by atoms with Crippen molar-refractivity contribution in [1.82, 2.24) is 5.32 Å². The maximum Gasteiger partial charge on any atom is 0.239 e. The molecule has 0 aliphatic heterocycles. The monoisotopic (exact) mass is 432 g/mol. The second kappa shape index (κ2) is 8.00. The van der Waals surface area contributed by atoms with Gasteiger partial charge in [-0.2, -0.15) is 0 Å². The van der Waals surface area contributed by atoms with Crippen molar-refractivity contribution in [1.29, 1.82) is 0 Å². The minimum absolute atomic E-state index is 0.00163. The Kier molecular flexibility index (Phi) is 5.58. The second-order valence-corrected chi connectivity index (χ2v) is 10.4. The highest BCUT2D eigenvalue weighted by Gasteiger charge is 2.40. The van der Waals surface area contributed by atoms with Crippen LogP contribution >= 0.6 is 11.6 Å². The van der Waals surface area contributed by atoms with Gasteiger partial charge in [0, 0.05) is 6.04 Å². The Morgan fingerprint density at radius 2 is 1.86 bits per heavy atom. The van der Waals surface area contributed by atoms with Gasteiger partial charge in [0.25, 0.3) is 0 Å². The second-order valence-electron chi connectivity index (χ2n) is 8.14. The SMILES string of the molecule is Cc1ccc(S(=O)(=O)c2c(Cl)cccc2NCC(=O)NC2CC3CCC2C3)cc1. The van der Waals surface area contributed by atoms with E-state index in [1.54, 1.807) is 42.5 Å². The predicted molar refractivity (Wildman–Crippen MR) is 114 cm³/mol. The number of halogens is 1. The van der Waals surface area contributed by atoms with Crippen molar-refractivity contribution >= 4 is 33.0 Å². The molecule has 2 N–H and O–H groups in total.